The van der Waals surface area contributed by atoms with Crippen LogP contribution in [0.3, 0.4) is 0 Å². The molecule has 6 heteroatoms. The highest BCUT2D eigenvalue weighted by Crippen LogP contribution is 2.20. The van der Waals surface area contributed by atoms with Crippen LogP contribution in [0, 0.1) is 5.82 Å². The summed E-state index contributed by atoms with van der Waals surface area (Å²) < 4.78 is 41.8. The molecule has 0 bridgehead atoms. The highest BCUT2D eigenvalue weighted by molar-refractivity contribution is 5.29. The minimum Gasteiger partial charge on any atom is -0.435 e. The first-order valence-electron chi connectivity index (χ1n) is 7.16. The fourth-order valence-electron chi connectivity index (χ4n) is 2.19. The second kappa shape index (κ2) is 7.99. The molecule has 2 rings (SSSR count). The number of hydrogen-bond donors (Lipinski definition) is 2. The molecule has 1 atom stereocenters. The van der Waals surface area contributed by atoms with Crippen LogP contribution in [-0.4, -0.2) is 11.7 Å². The summed E-state index contributed by atoms with van der Waals surface area (Å²) >= 11 is 0. The smallest absolute Gasteiger partial charge is 0.387 e. The van der Waals surface area contributed by atoms with Gasteiger partial charge in [0.25, 0.3) is 0 Å². The lowest BCUT2D eigenvalue weighted by Crippen LogP contribution is -2.18. The summed E-state index contributed by atoms with van der Waals surface area (Å²) in [4.78, 5) is 0. The summed E-state index contributed by atoms with van der Waals surface area (Å²) in [7, 11) is 0. The highest BCUT2D eigenvalue weighted by atomic mass is 19.3. The predicted octanol–water partition coefficient (Wildman–Crippen LogP) is 3.77. The number of aliphatic hydroxyl groups is 1. The second-order valence-corrected chi connectivity index (χ2v) is 5.13. The van der Waals surface area contributed by atoms with E-state index in [-0.39, 0.29) is 24.0 Å². The van der Waals surface area contributed by atoms with Crippen molar-refractivity contribution in [2.75, 3.05) is 0 Å². The lowest BCUT2D eigenvalue weighted by molar-refractivity contribution is -0.0498. The molecular formula is C17H18F3NO2. The van der Waals surface area contributed by atoms with Crippen LogP contribution in [0.25, 0.3) is 0 Å². The van der Waals surface area contributed by atoms with Crippen LogP contribution in [0.1, 0.15) is 29.7 Å². The van der Waals surface area contributed by atoms with Crippen molar-refractivity contribution in [2.24, 2.45) is 0 Å². The fraction of sp³-hybridized carbons (Fsp3) is 0.294. The fourth-order valence-corrected chi connectivity index (χ4v) is 2.19. The third kappa shape index (κ3) is 4.97. The number of benzene rings is 2. The van der Waals surface area contributed by atoms with Crippen molar-refractivity contribution in [1.29, 1.82) is 0 Å². The van der Waals surface area contributed by atoms with Gasteiger partial charge < -0.3 is 15.2 Å². The monoisotopic (exact) mass is 325 g/mol. The number of ether oxygens (including phenoxy) is 1. The van der Waals surface area contributed by atoms with E-state index in [1.807, 2.05) is 6.92 Å². The highest BCUT2D eigenvalue weighted by Gasteiger charge is 2.08. The third-order valence-electron chi connectivity index (χ3n) is 3.50. The van der Waals surface area contributed by atoms with Gasteiger partial charge in [-0.1, -0.05) is 18.2 Å². The summed E-state index contributed by atoms with van der Waals surface area (Å²) in [6, 6.07) is 10.9. The molecule has 2 aromatic carbocycles. The van der Waals surface area contributed by atoms with Gasteiger partial charge in [0, 0.05) is 18.2 Å². The summed E-state index contributed by atoms with van der Waals surface area (Å²) in [5, 5.41) is 12.3. The van der Waals surface area contributed by atoms with Gasteiger partial charge >= 0.3 is 6.61 Å². The Morgan fingerprint density at radius 1 is 1.13 bits per heavy atom. The largest absolute Gasteiger partial charge is 0.435 e. The molecule has 0 saturated carbocycles. The van der Waals surface area contributed by atoms with Crippen molar-refractivity contribution in [3.63, 3.8) is 0 Å². The quantitative estimate of drug-likeness (QED) is 0.814. The van der Waals surface area contributed by atoms with E-state index in [1.165, 1.54) is 18.2 Å². The Balaban J connectivity index is 1.95. The summed E-state index contributed by atoms with van der Waals surface area (Å²) in [6.45, 7) is -0.764. The molecular weight excluding hydrogens is 307 g/mol. The van der Waals surface area contributed by atoms with Gasteiger partial charge in [0.2, 0.25) is 0 Å². The molecule has 0 spiro atoms. The van der Waals surface area contributed by atoms with E-state index in [0.29, 0.717) is 6.54 Å². The van der Waals surface area contributed by atoms with Crippen molar-refractivity contribution in [3.8, 4) is 5.75 Å². The standard InChI is InChI=1S/C17H18F3NO2/c1-11(13-3-5-15(6-4-13)23-17(19)20)21-9-12-2-7-16(18)14(8-12)10-22/h2-8,11,17,21-22H,9-10H2,1H3. The van der Waals surface area contributed by atoms with Gasteiger partial charge in [0.05, 0.1) is 6.61 Å². The van der Waals surface area contributed by atoms with E-state index in [0.717, 1.165) is 11.1 Å². The van der Waals surface area contributed by atoms with Crippen LogP contribution < -0.4 is 10.1 Å². The Morgan fingerprint density at radius 2 is 1.83 bits per heavy atom. The first-order valence-corrected chi connectivity index (χ1v) is 7.16. The van der Waals surface area contributed by atoms with Gasteiger partial charge in [-0.15, -0.1) is 0 Å². The molecule has 0 fully saturated rings. The molecule has 2 aromatic rings. The first kappa shape index (κ1) is 17.3. The zero-order chi connectivity index (χ0) is 16.8. The van der Waals surface area contributed by atoms with Crippen LogP contribution in [0.15, 0.2) is 42.5 Å². The molecule has 3 nitrogen and oxygen atoms in total. The van der Waals surface area contributed by atoms with E-state index in [2.05, 4.69) is 10.1 Å². The minimum atomic E-state index is -2.84. The second-order valence-electron chi connectivity index (χ2n) is 5.13. The number of hydrogen-bond acceptors (Lipinski definition) is 3. The molecule has 0 aliphatic rings. The molecule has 124 valence electrons. The topological polar surface area (TPSA) is 41.5 Å². The van der Waals surface area contributed by atoms with E-state index in [4.69, 9.17) is 5.11 Å². The van der Waals surface area contributed by atoms with Crippen LogP contribution in [-0.2, 0) is 13.2 Å². The van der Waals surface area contributed by atoms with Crippen molar-refractivity contribution in [3.05, 3.63) is 65.0 Å². The van der Waals surface area contributed by atoms with Gasteiger partial charge in [-0.05, 0) is 42.3 Å². The van der Waals surface area contributed by atoms with Gasteiger partial charge in [-0.3, -0.25) is 0 Å². The Labute approximate surface area is 132 Å². The van der Waals surface area contributed by atoms with Crippen LogP contribution >= 0.6 is 0 Å². The number of rotatable bonds is 7. The Morgan fingerprint density at radius 3 is 2.43 bits per heavy atom. The lowest BCUT2D eigenvalue weighted by atomic mass is 10.1. The SMILES string of the molecule is CC(NCc1ccc(F)c(CO)c1)c1ccc(OC(F)F)cc1. The maximum absolute atomic E-state index is 13.3. The average Bonchev–Trinajstić information content (AvgIpc) is 2.54. The molecule has 0 aliphatic heterocycles. The van der Waals surface area contributed by atoms with Crippen molar-refractivity contribution in [1.82, 2.24) is 5.32 Å². The van der Waals surface area contributed by atoms with Crippen molar-refractivity contribution >= 4 is 0 Å². The van der Waals surface area contributed by atoms with Crippen LogP contribution in [0.5, 0.6) is 5.75 Å². The van der Waals surface area contributed by atoms with E-state index < -0.39 is 12.4 Å². The maximum Gasteiger partial charge on any atom is 0.387 e. The molecule has 1 unspecified atom stereocenters. The minimum absolute atomic E-state index is 0.0294. The maximum atomic E-state index is 13.3. The van der Waals surface area contributed by atoms with Crippen LogP contribution in [0.4, 0.5) is 13.2 Å². The van der Waals surface area contributed by atoms with Gasteiger partial charge in [-0.25, -0.2) is 4.39 Å². The molecule has 0 saturated heterocycles. The number of aliphatic hydroxyl groups excluding tert-OH is 1. The van der Waals surface area contributed by atoms with Crippen LogP contribution in [0.2, 0.25) is 0 Å². The number of alkyl halides is 2. The van der Waals surface area contributed by atoms with Gasteiger partial charge in [0.15, 0.2) is 0 Å². The molecule has 0 radical (unpaired) electrons. The zero-order valence-electron chi connectivity index (χ0n) is 12.6. The van der Waals surface area contributed by atoms with Gasteiger partial charge in [-0.2, -0.15) is 8.78 Å². The Kier molecular flexibility index (Phi) is 6.01. The Bertz CT molecular complexity index is 632. The first-order chi connectivity index (χ1) is 11.0. The normalized spacial score (nSPS) is 12.4. The third-order valence-corrected chi connectivity index (χ3v) is 3.50. The molecule has 2 N–H and O–H groups in total. The predicted molar refractivity (Wildman–Crippen MR) is 80.7 cm³/mol. The Hall–Kier alpha value is -2.05. The van der Waals surface area contributed by atoms with E-state index >= 15 is 0 Å². The number of nitrogens with one attached hydrogen (secondary N) is 1. The van der Waals surface area contributed by atoms with E-state index in [1.54, 1.807) is 24.3 Å². The van der Waals surface area contributed by atoms with Crippen molar-refractivity contribution < 1.29 is 23.0 Å². The summed E-state index contributed by atoms with van der Waals surface area (Å²) in [5.41, 5.74) is 2.02. The van der Waals surface area contributed by atoms with Crippen molar-refractivity contribution in [2.45, 2.75) is 32.7 Å². The molecule has 0 aliphatic carbocycles. The van der Waals surface area contributed by atoms with E-state index in [9.17, 15) is 13.2 Å². The summed E-state index contributed by atoms with van der Waals surface area (Å²) in [6.07, 6.45) is 0. The molecule has 23 heavy (non-hydrogen) atoms. The average molecular weight is 325 g/mol. The van der Waals surface area contributed by atoms with Gasteiger partial charge in [0.1, 0.15) is 11.6 Å². The molecule has 0 heterocycles. The molecule has 0 amide bonds. The number of halogens is 3. The molecule has 0 aromatic heterocycles. The lowest BCUT2D eigenvalue weighted by Gasteiger charge is -2.15. The zero-order valence-corrected chi connectivity index (χ0v) is 12.6. The summed E-state index contributed by atoms with van der Waals surface area (Å²) in [5.74, 6) is -0.319.